The number of nitro groups is 1. The molecule has 0 heterocycles. The van der Waals surface area contributed by atoms with Gasteiger partial charge in [-0.1, -0.05) is 6.07 Å². The summed E-state index contributed by atoms with van der Waals surface area (Å²) in [5.74, 6) is -0.562. The number of benzene rings is 1. The minimum Gasteiger partial charge on any atom is -0.469 e. The van der Waals surface area contributed by atoms with Gasteiger partial charge in [0.1, 0.15) is 11.6 Å². The summed E-state index contributed by atoms with van der Waals surface area (Å²) >= 11 is 5.64. The van der Waals surface area contributed by atoms with Crippen molar-refractivity contribution in [1.82, 2.24) is 0 Å². The average Bonchev–Trinajstić information content (AvgIpc) is 2.37. The number of esters is 1. The molecule has 0 aliphatic carbocycles. The summed E-state index contributed by atoms with van der Waals surface area (Å²) in [5, 5.41) is 19.7. The fraction of sp³-hybridized carbons (Fsp3) is 0.273. The largest absolute Gasteiger partial charge is 0.469 e. The van der Waals surface area contributed by atoms with E-state index in [0.717, 1.165) is 0 Å². The maximum Gasteiger partial charge on any atom is 0.309 e. The van der Waals surface area contributed by atoms with Gasteiger partial charge in [0.05, 0.1) is 18.5 Å². The third-order valence-electron chi connectivity index (χ3n) is 2.29. The molecule has 0 saturated carbocycles. The van der Waals surface area contributed by atoms with Crippen molar-refractivity contribution in [1.29, 1.82) is 5.26 Å². The Hall–Kier alpha value is -2.13. The van der Waals surface area contributed by atoms with Crippen molar-refractivity contribution in [3.8, 4) is 6.07 Å². The molecule has 7 heteroatoms. The molecule has 0 aromatic heterocycles. The molecule has 18 heavy (non-hydrogen) atoms. The molecule has 0 saturated heterocycles. The van der Waals surface area contributed by atoms with Crippen LogP contribution in [0.3, 0.4) is 0 Å². The van der Waals surface area contributed by atoms with Gasteiger partial charge in [0.15, 0.2) is 0 Å². The average molecular weight is 269 g/mol. The number of nitro benzene ring substituents is 1. The number of nitriles is 1. The SMILES string of the molecule is COC(=O)Cc1cc(CCl)c(C#N)c([N+](=O)[O-])c1. The molecule has 0 fully saturated rings. The molecule has 0 aliphatic rings. The number of methoxy groups -OCH3 is 1. The second kappa shape index (κ2) is 5.98. The van der Waals surface area contributed by atoms with Gasteiger partial charge in [0, 0.05) is 11.9 Å². The highest BCUT2D eigenvalue weighted by molar-refractivity contribution is 6.17. The van der Waals surface area contributed by atoms with Gasteiger partial charge in [-0.2, -0.15) is 5.26 Å². The zero-order chi connectivity index (χ0) is 13.7. The van der Waals surface area contributed by atoms with Gasteiger partial charge in [0.2, 0.25) is 0 Å². The Kier molecular flexibility index (Phi) is 4.63. The van der Waals surface area contributed by atoms with Crippen molar-refractivity contribution in [3.05, 3.63) is 38.9 Å². The van der Waals surface area contributed by atoms with E-state index < -0.39 is 10.9 Å². The van der Waals surface area contributed by atoms with Crippen molar-refractivity contribution in [2.24, 2.45) is 0 Å². The number of carbonyl (C=O) groups is 1. The van der Waals surface area contributed by atoms with Crippen molar-refractivity contribution < 1.29 is 14.5 Å². The van der Waals surface area contributed by atoms with E-state index in [4.69, 9.17) is 16.9 Å². The number of halogens is 1. The Morgan fingerprint density at radius 3 is 2.72 bits per heavy atom. The third kappa shape index (κ3) is 2.96. The molecule has 0 N–H and O–H groups in total. The molecule has 0 spiro atoms. The normalized spacial score (nSPS) is 9.61. The Bertz CT molecular complexity index is 537. The third-order valence-corrected chi connectivity index (χ3v) is 2.58. The summed E-state index contributed by atoms with van der Waals surface area (Å²) in [6.07, 6.45) is -0.104. The van der Waals surface area contributed by atoms with Crippen LogP contribution in [0.15, 0.2) is 12.1 Å². The predicted octanol–water partition coefficient (Wildman–Crippen LogP) is 1.92. The first-order chi connectivity index (χ1) is 8.53. The second-order valence-corrected chi connectivity index (χ2v) is 3.67. The monoisotopic (exact) mass is 268 g/mol. The second-order valence-electron chi connectivity index (χ2n) is 3.40. The molecular formula is C11H9ClN2O4. The smallest absolute Gasteiger partial charge is 0.309 e. The van der Waals surface area contributed by atoms with Gasteiger partial charge >= 0.3 is 5.97 Å². The lowest BCUT2D eigenvalue weighted by Gasteiger charge is -2.05. The first-order valence-corrected chi connectivity index (χ1v) is 5.40. The van der Waals surface area contributed by atoms with E-state index in [9.17, 15) is 14.9 Å². The van der Waals surface area contributed by atoms with Gasteiger partial charge in [0.25, 0.3) is 5.69 Å². The van der Waals surface area contributed by atoms with Gasteiger partial charge in [-0.25, -0.2) is 0 Å². The zero-order valence-corrected chi connectivity index (χ0v) is 10.2. The molecule has 0 amide bonds. The number of nitrogens with zero attached hydrogens (tertiary/aromatic N) is 2. The number of carbonyl (C=O) groups excluding carboxylic acids is 1. The summed E-state index contributed by atoms with van der Waals surface area (Å²) in [6.45, 7) is 0. The number of hydrogen-bond acceptors (Lipinski definition) is 5. The lowest BCUT2D eigenvalue weighted by molar-refractivity contribution is -0.385. The maximum atomic E-state index is 11.1. The number of alkyl halides is 1. The summed E-state index contributed by atoms with van der Waals surface area (Å²) in [7, 11) is 1.23. The molecule has 0 atom stereocenters. The number of rotatable bonds is 4. The molecular weight excluding hydrogens is 260 g/mol. The highest BCUT2D eigenvalue weighted by Gasteiger charge is 2.20. The van der Waals surface area contributed by atoms with Crippen LogP contribution in [-0.4, -0.2) is 18.0 Å². The summed E-state index contributed by atoms with van der Waals surface area (Å²) in [5.41, 5.74) is 0.286. The lowest BCUT2D eigenvalue weighted by Crippen LogP contribution is -2.06. The molecule has 1 aromatic rings. The Morgan fingerprint density at radius 2 is 2.28 bits per heavy atom. The van der Waals surface area contributed by atoms with E-state index in [-0.39, 0.29) is 23.6 Å². The van der Waals surface area contributed by atoms with Crippen molar-refractivity contribution in [2.75, 3.05) is 7.11 Å². The maximum absolute atomic E-state index is 11.1. The van der Waals surface area contributed by atoms with Gasteiger partial charge in [-0.3, -0.25) is 14.9 Å². The van der Waals surface area contributed by atoms with Gasteiger partial charge in [-0.05, 0) is 11.1 Å². The standard InChI is InChI=1S/C11H9ClN2O4/c1-18-11(15)4-7-2-8(5-12)9(6-13)10(3-7)14(16)17/h2-3H,4-5H2,1H3. The zero-order valence-electron chi connectivity index (χ0n) is 9.47. The first-order valence-electron chi connectivity index (χ1n) is 4.86. The van der Waals surface area contributed by atoms with Gasteiger partial charge < -0.3 is 4.74 Å². The molecule has 6 nitrogen and oxygen atoms in total. The highest BCUT2D eigenvalue weighted by Crippen LogP contribution is 2.25. The summed E-state index contributed by atoms with van der Waals surface area (Å²) in [6, 6.07) is 4.43. The van der Waals surface area contributed by atoms with E-state index >= 15 is 0 Å². The molecule has 1 rings (SSSR count). The van der Waals surface area contributed by atoms with Crippen LogP contribution in [0, 0.1) is 21.4 Å². The molecule has 0 aliphatic heterocycles. The van der Waals surface area contributed by atoms with Crippen LogP contribution in [-0.2, 0) is 21.8 Å². The quantitative estimate of drug-likeness (QED) is 0.360. The van der Waals surface area contributed by atoms with Crippen molar-refractivity contribution in [3.63, 3.8) is 0 Å². The van der Waals surface area contributed by atoms with Crippen molar-refractivity contribution >= 4 is 23.3 Å². The minimum atomic E-state index is -0.671. The van der Waals surface area contributed by atoms with Crippen molar-refractivity contribution in [2.45, 2.75) is 12.3 Å². The van der Waals surface area contributed by atoms with E-state index in [2.05, 4.69) is 4.74 Å². The number of hydrogen-bond donors (Lipinski definition) is 0. The van der Waals surface area contributed by atoms with Crippen LogP contribution in [0.2, 0.25) is 0 Å². The van der Waals surface area contributed by atoms with Crippen LogP contribution in [0.25, 0.3) is 0 Å². The van der Waals surface area contributed by atoms with Crippen LogP contribution in [0.5, 0.6) is 0 Å². The number of ether oxygens (including phenoxy) is 1. The molecule has 0 bridgehead atoms. The van der Waals surface area contributed by atoms with Gasteiger partial charge in [-0.15, -0.1) is 11.6 Å². The van der Waals surface area contributed by atoms with E-state index in [1.807, 2.05) is 0 Å². The minimum absolute atomic E-state index is 0.0429. The molecule has 1 aromatic carbocycles. The summed E-state index contributed by atoms with van der Waals surface area (Å²) in [4.78, 5) is 21.3. The molecule has 0 unspecified atom stereocenters. The fourth-order valence-corrected chi connectivity index (χ4v) is 1.68. The van der Waals surface area contributed by atoms with Crippen LogP contribution < -0.4 is 0 Å². The van der Waals surface area contributed by atoms with E-state index in [0.29, 0.717) is 11.1 Å². The van der Waals surface area contributed by atoms with Crippen LogP contribution in [0.4, 0.5) is 5.69 Å². The van der Waals surface area contributed by atoms with Crippen LogP contribution >= 0.6 is 11.6 Å². The summed E-state index contributed by atoms with van der Waals surface area (Å²) < 4.78 is 4.48. The Morgan fingerprint density at radius 1 is 1.61 bits per heavy atom. The predicted molar refractivity (Wildman–Crippen MR) is 63.1 cm³/mol. The fourth-order valence-electron chi connectivity index (χ4n) is 1.47. The highest BCUT2D eigenvalue weighted by atomic mass is 35.5. The Labute approximate surface area is 108 Å². The Balaban J connectivity index is 3.33. The van der Waals surface area contributed by atoms with E-state index in [1.54, 1.807) is 6.07 Å². The van der Waals surface area contributed by atoms with E-state index in [1.165, 1.54) is 19.2 Å². The first kappa shape index (κ1) is 13.9. The molecule has 94 valence electrons. The van der Waals surface area contributed by atoms with Crippen LogP contribution in [0.1, 0.15) is 16.7 Å². The topological polar surface area (TPSA) is 93.2 Å². The molecule has 0 radical (unpaired) electrons. The lowest BCUT2D eigenvalue weighted by atomic mass is 10.0.